The predicted molar refractivity (Wildman–Crippen MR) is 196 cm³/mol. The molecule has 2 amide bonds. The summed E-state index contributed by atoms with van der Waals surface area (Å²) in [6.07, 6.45) is 5.02. The molecule has 1 aromatic heterocycles. The summed E-state index contributed by atoms with van der Waals surface area (Å²) in [5.41, 5.74) is 7.21. The van der Waals surface area contributed by atoms with E-state index < -0.39 is 40.7 Å². The number of benzene rings is 3. The Bertz CT molecular complexity index is 1900. The molecule has 0 saturated carbocycles. The Balaban J connectivity index is 0.000000244. The van der Waals surface area contributed by atoms with E-state index in [4.69, 9.17) is 5.11 Å². The predicted octanol–water partition coefficient (Wildman–Crippen LogP) is 6.40. The number of aliphatic hydroxyl groups is 2. The topological polar surface area (TPSA) is 161 Å². The maximum absolute atomic E-state index is 13.5. The highest BCUT2D eigenvalue weighted by Gasteiger charge is 2.21. The number of aliphatic carboxylic acids is 1. The first-order chi connectivity index (χ1) is 24.2. The number of hydrogen-bond acceptors (Lipinski definition) is 7. The second-order valence-electron chi connectivity index (χ2n) is 12.9. The van der Waals surface area contributed by atoms with Crippen molar-refractivity contribution < 1.29 is 37.7 Å². The summed E-state index contributed by atoms with van der Waals surface area (Å²) in [5, 5.41) is 31.6. The molecule has 0 radical (unpaired) electrons. The van der Waals surface area contributed by atoms with Crippen molar-refractivity contribution in [3.63, 3.8) is 0 Å². The maximum atomic E-state index is 13.5. The Kier molecular flexibility index (Phi) is 13.9. The number of carbonyl (C=O) groups is 2. The smallest absolute Gasteiger partial charge is 0.343 e. The van der Waals surface area contributed by atoms with E-state index in [0.29, 0.717) is 0 Å². The fourth-order valence-corrected chi connectivity index (χ4v) is 6.92. The average Bonchev–Trinajstić information content (AvgIpc) is 3.17. The number of urea groups is 1. The minimum Gasteiger partial charge on any atom is -0.481 e. The Labute approximate surface area is 298 Å². The molecule has 1 aliphatic rings. The van der Waals surface area contributed by atoms with Crippen molar-refractivity contribution in [1.82, 2.24) is 19.7 Å². The minimum absolute atomic E-state index is 0.0728. The number of aromatic nitrogens is 1. The van der Waals surface area contributed by atoms with Gasteiger partial charge in [0.25, 0.3) is 10.0 Å². The van der Waals surface area contributed by atoms with E-state index in [0.717, 1.165) is 72.1 Å². The summed E-state index contributed by atoms with van der Waals surface area (Å²) in [4.78, 5) is 22.6. The number of hydrogen-bond donors (Lipinski definition) is 5. The fraction of sp³-hybridized carbons (Fsp3) is 0.368. The van der Waals surface area contributed by atoms with Gasteiger partial charge in [-0.2, -0.15) is 0 Å². The number of rotatable bonds is 11. The first-order valence-corrected chi connectivity index (χ1v) is 18.5. The lowest BCUT2D eigenvalue weighted by atomic mass is 10.0. The summed E-state index contributed by atoms with van der Waals surface area (Å²) in [6, 6.07) is 20.0. The van der Waals surface area contributed by atoms with Crippen molar-refractivity contribution in [3.05, 3.63) is 95.9 Å². The molecule has 0 spiro atoms. The van der Waals surface area contributed by atoms with Gasteiger partial charge in [0.15, 0.2) is 0 Å². The Morgan fingerprint density at radius 2 is 1.55 bits per heavy atom. The third-order valence-corrected chi connectivity index (χ3v) is 9.77. The van der Waals surface area contributed by atoms with Crippen LogP contribution in [0, 0.1) is 12.7 Å². The number of carbonyl (C=O) groups excluding carboxylic acids is 1. The molecule has 13 heteroatoms. The van der Waals surface area contributed by atoms with Crippen molar-refractivity contribution in [2.24, 2.45) is 0 Å². The van der Waals surface area contributed by atoms with Crippen LogP contribution in [0.4, 0.5) is 9.18 Å². The molecular weight excluding hydrogens is 676 g/mol. The van der Waals surface area contributed by atoms with Crippen LogP contribution in [0.5, 0.6) is 0 Å². The van der Waals surface area contributed by atoms with Crippen molar-refractivity contribution in [2.75, 3.05) is 13.1 Å². The monoisotopic (exact) mass is 722 g/mol. The van der Waals surface area contributed by atoms with Gasteiger partial charge in [-0.15, -0.1) is 0 Å². The summed E-state index contributed by atoms with van der Waals surface area (Å²) in [6.45, 7) is 7.49. The molecule has 51 heavy (non-hydrogen) atoms. The number of aliphatic hydroxyl groups excluding tert-OH is 2. The van der Waals surface area contributed by atoms with E-state index in [1.807, 2.05) is 35.9 Å². The van der Waals surface area contributed by atoms with E-state index in [2.05, 4.69) is 23.8 Å². The number of carboxylic acid groups (broad SMARTS) is 1. The SMILES string of the molecule is CC(C)n1c(/C=C/[C@@H](O)C[C@@H](O)CC(=O)O)c(-c2ccc(F)cc2)c2ccccc21.Cc1ccc(S(=O)(=O)NC(=O)NN2CCCCCC2)cc1. The third kappa shape index (κ3) is 11.2. The molecule has 11 nitrogen and oxygen atoms in total. The van der Waals surface area contributed by atoms with Gasteiger partial charge in [-0.1, -0.05) is 66.9 Å². The Morgan fingerprint density at radius 3 is 2.16 bits per heavy atom. The zero-order valence-electron chi connectivity index (χ0n) is 29.1. The van der Waals surface area contributed by atoms with E-state index in [1.54, 1.807) is 41.4 Å². The molecule has 2 heterocycles. The van der Waals surface area contributed by atoms with Crippen LogP contribution in [-0.2, 0) is 14.8 Å². The highest BCUT2D eigenvalue weighted by molar-refractivity contribution is 7.90. The van der Waals surface area contributed by atoms with Gasteiger partial charge < -0.3 is 19.9 Å². The number of hydrazine groups is 1. The van der Waals surface area contributed by atoms with Crippen molar-refractivity contribution in [3.8, 4) is 11.1 Å². The van der Waals surface area contributed by atoms with Crippen LogP contribution in [0.25, 0.3) is 28.1 Å². The van der Waals surface area contributed by atoms with Gasteiger partial charge in [0, 0.05) is 47.7 Å². The molecule has 1 saturated heterocycles. The number of para-hydroxylation sites is 1. The van der Waals surface area contributed by atoms with Crippen LogP contribution < -0.4 is 10.1 Å². The lowest BCUT2D eigenvalue weighted by Crippen LogP contribution is -2.49. The molecule has 1 aliphatic heterocycles. The Morgan fingerprint density at radius 1 is 0.922 bits per heavy atom. The highest BCUT2D eigenvalue weighted by atomic mass is 32.2. The van der Waals surface area contributed by atoms with Gasteiger partial charge in [0.05, 0.1) is 23.5 Å². The zero-order chi connectivity index (χ0) is 37.1. The normalized spacial score (nSPS) is 15.2. The minimum atomic E-state index is -3.82. The number of carboxylic acids is 1. The lowest BCUT2D eigenvalue weighted by molar-refractivity contribution is -0.139. The first-order valence-electron chi connectivity index (χ1n) is 17.0. The lowest BCUT2D eigenvalue weighted by Gasteiger charge is -2.20. The van der Waals surface area contributed by atoms with Crippen LogP contribution in [0.1, 0.15) is 69.7 Å². The number of halogens is 1. The molecule has 0 aliphatic carbocycles. The number of sulfonamides is 1. The number of amides is 2. The number of fused-ring (bicyclic) bond motifs is 1. The van der Waals surface area contributed by atoms with E-state index >= 15 is 0 Å². The molecule has 0 bridgehead atoms. The third-order valence-electron chi connectivity index (χ3n) is 8.42. The molecule has 5 rings (SSSR count). The molecule has 4 aromatic rings. The summed E-state index contributed by atoms with van der Waals surface area (Å²) >= 11 is 0. The van der Waals surface area contributed by atoms with Gasteiger partial charge in [-0.25, -0.2) is 27.3 Å². The summed E-state index contributed by atoms with van der Waals surface area (Å²) in [5.74, 6) is -1.43. The van der Waals surface area contributed by atoms with Gasteiger partial charge in [0.2, 0.25) is 0 Å². The van der Waals surface area contributed by atoms with E-state index in [-0.39, 0.29) is 23.2 Å². The quantitative estimate of drug-likeness (QED) is 0.119. The summed E-state index contributed by atoms with van der Waals surface area (Å²) < 4.78 is 41.8. The van der Waals surface area contributed by atoms with E-state index in [9.17, 15) is 32.6 Å². The molecule has 0 unspecified atom stereocenters. The second-order valence-corrected chi connectivity index (χ2v) is 14.6. The second kappa shape index (κ2) is 18.1. The average molecular weight is 723 g/mol. The first kappa shape index (κ1) is 39.2. The van der Waals surface area contributed by atoms with E-state index in [1.165, 1.54) is 24.3 Å². The van der Waals surface area contributed by atoms with Crippen molar-refractivity contribution in [2.45, 2.75) is 82.4 Å². The highest BCUT2D eigenvalue weighted by Crippen LogP contribution is 2.38. The van der Waals surface area contributed by atoms with Gasteiger partial charge in [0.1, 0.15) is 5.82 Å². The molecule has 3 aromatic carbocycles. The van der Waals surface area contributed by atoms with Crippen LogP contribution >= 0.6 is 0 Å². The Hall–Kier alpha value is -4.56. The van der Waals surface area contributed by atoms with Crippen molar-refractivity contribution in [1.29, 1.82) is 0 Å². The molecule has 1 fully saturated rings. The largest absolute Gasteiger partial charge is 0.481 e. The molecule has 5 N–H and O–H groups in total. The van der Waals surface area contributed by atoms with Crippen molar-refractivity contribution >= 4 is 39.0 Å². The summed E-state index contributed by atoms with van der Waals surface area (Å²) in [7, 11) is -3.82. The van der Waals surface area contributed by atoms with Gasteiger partial charge in [-0.3, -0.25) is 10.2 Å². The van der Waals surface area contributed by atoms with Crippen LogP contribution in [0.3, 0.4) is 0 Å². The molecular formula is C38H47FN4O7S. The van der Waals surface area contributed by atoms with Crippen LogP contribution in [0.15, 0.2) is 83.8 Å². The standard InChI is InChI=1S/C24H26FNO4.C14H21N3O3S/c1-15(2)26-21-6-4-3-5-20(21)24(16-7-9-17(25)10-8-16)22(26)12-11-18(27)13-19(28)14-23(29)30;1-12-6-8-13(9-7-12)21(19,20)16-14(18)15-17-10-4-2-3-5-11-17/h3-12,15,18-19,27-28H,13-14H2,1-2H3,(H,29,30);6-9H,2-5,10-11H2,1H3,(H2,15,16,18)/b12-11+;/t18-,19-;/m1./s1. The molecule has 274 valence electrons. The zero-order valence-corrected chi connectivity index (χ0v) is 29.9. The number of nitrogens with zero attached hydrogens (tertiary/aromatic N) is 2. The molecule has 2 atom stereocenters. The maximum Gasteiger partial charge on any atom is 0.343 e. The van der Waals surface area contributed by atoms with Crippen LogP contribution in [-0.4, -0.2) is 70.6 Å². The van der Waals surface area contributed by atoms with Gasteiger partial charge in [-0.05, 0) is 75.6 Å². The van der Waals surface area contributed by atoms with Crippen LogP contribution in [0.2, 0.25) is 0 Å². The number of nitrogens with one attached hydrogen (secondary N) is 2. The fourth-order valence-electron chi connectivity index (χ4n) is 6.01. The number of aryl methyl sites for hydroxylation is 1. The van der Waals surface area contributed by atoms with Gasteiger partial charge >= 0.3 is 12.0 Å².